The van der Waals surface area contributed by atoms with Crippen LogP contribution in [0.25, 0.3) is 0 Å². The molecule has 1 amide bonds. The Kier molecular flexibility index (Phi) is 4.70. The first-order valence-electron chi connectivity index (χ1n) is 5.61. The molecule has 0 spiro atoms. The molecule has 20 heavy (non-hydrogen) atoms. The van der Waals surface area contributed by atoms with Gasteiger partial charge in [-0.3, -0.25) is 9.78 Å². The number of aromatic nitrogens is 1. The van der Waals surface area contributed by atoms with Crippen molar-refractivity contribution in [3.63, 3.8) is 0 Å². The van der Waals surface area contributed by atoms with E-state index in [-0.39, 0.29) is 15.7 Å². The lowest BCUT2D eigenvalue weighted by atomic mass is 10.2. The molecule has 0 saturated heterocycles. The maximum absolute atomic E-state index is 12.1. The zero-order valence-corrected chi connectivity index (χ0v) is 12.6. The molecule has 7 heteroatoms. The van der Waals surface area contributed by atoms with Crippen molar-refractivity contribution in [1.29, 1.82) is 0 Å². The van der Waals surface area contributed by atoms with Crippen molar-refractivity contribution >= 4 is 52.1 Å². The molecule has 0 aliphatic rings. The van der Waals surface area contributed by atoms with E-state index in [0.29, 0.717) is 10.7 Å². The summed E-state index contributed by atoms with van der Waals surface area (Å²) in [4.78, 5) is 16.1. The zero-order valence-electron chi connectivity index (χ0n) is 10.4. The number of halogens is 3. The first-order valence-corrected chi connectivity index (χ1v) is 6.74. The molecule has 0 unspecified atom stereocenters. The van der Waals surface area contributed by atoms with Gasteiger partial charge in [-0.15, -0.1) is 0 Å². The van der Waals surface area contributed by atoms with Gasteiger partial charge in [-0.1, -0.05) is 34.8 Å². The van der Waals surface area contributed by atoms with Crippen LogP contribution in [0.2, 0.25) is 15.1 Å². The van der Waals surface area contributed by atoms with E-state index < -0.39 is 5.91 Å². The number of hydrogen-bond acceptors (Lipinski definition) is 3. The zero-order chi connectivity index (χ0) is 14.7. The summed E-state index contributed by atoms with van der Waals surface area (Å²) in [6.07, 6.45) is 1.53. The Balaban J connectivity index is 2.28. The van der Waals surface area contributed by atoms with Crippen LogP contribution < -0.4 is 10.6 Å². The number of anilines is 2. The largest absolute Gasteiger partial charge is 0.388 e. The molecule has 0 bridgehead atoms. The minimum absolute atomic E-state index is 0.249. The summed E-state index contributed by atoms with van der Waals surface area (Å²) in [6.45, 7) is 0. The van der Waals surface area contributed by atoms with E-state index in [1.165, 1.54) is 18.3 Å². The molecular weight excluding hydrogens is 321 g/mol. The van der Waals surface area contributed by atoms with Gasteiger partial charge in [-0.2, -0.15) is 0 Å². The van der Waals surface area contributed by atoms with Crippen LogP contribution in [-0.2, 0) is 0 Å². The Hall–Kier alpha value is -1.49. The number of hydrogen-bond donors (Lipinski definition) is 2. The lowest BCUT2D eigenvalue weighted by Crippen LogP contribution is -2.14. The van der Waals surface area contributed by atoms with Crippen molar-refractivity contribution in [2.45, 2.75) is 0 Å². The number of nitrogens with one attached hydrogen (secondary N) is 2. The smallest absolute Gasteiger partial charge is 0.274 e. The summed E-state index contributed by atoms with van der Waals surface area (Å²) in [5, 5.41) is 6.47. The van der Waals surface area contributed by atoms with Crippen LogP contribution in [0.4, 0.5) is 11.4 Å². The molecule has 1 heterocycles. The van der Waals surface area contributed by atoms with Crippen LogP contribution in [0.1, 0.15) is 10.5 Å². The van der Waals surface area contributed by atoms with Gasteiger partial charge in [0.05, 0.1) is 15.7 Å². The van der Waals surface area contributed by atoms with Crippen LogP contribution in [0.3, 0.4) is 0 Å². The standard InChI is InChI=1S/C13H10Cl3N3O/c1-17-8-2-3-18-11(6-8)13(20)19-12-9(15)4-7(14)5-10(12)16/h2-6H,1H3,(H,17,18)(H,19,20). The Labute approximate surface area is 131 Å². The van der Waals surface area contributed by atoms with E-state index in [2.05, 4.69) is 15.6 Å². The predicted octanol–water partition coefficient (Wildman–Crippen LogP) is 4.34. The van der Waals surface area contributed by atoms with E-state index in [4.69, 9.17) is 34.8 Å². The van der Waals surface area contributed by atoms with E-state index >= 15 is 0 Å². The number of amides is 1. The second kappa shape index (κ2) is 6.31. The molecule has 2 aromatic rings. The summed E-state index contributed by atoms with van der Waals surface area (Å²) < 4.78 is 0. The summed E-state index contributed by atoms with van der Waals surface area (Å²) in [5.74, 6) is -0.409. The number of carbonyl (C=O) groups is 1. The average molecular weight is 331 g/mol. The maximum atomic E-state index is 12.1. The second-order valence-corrected chi connectivity index (χ2v) is 5.13. The molecule has 1 aromatic carbocycles. The third-order valence-corrected chi connectivity index (χ3v) is 3.34. The fourth-order valence-electron chi connectivity index (χ4n) is 1.55. The molecule has 0 aliphatic heterocycles. The van der Waals surface area contributed by atoms with Gasteiger partial charge in [0.2, 0.25) is 0 Å². The van der Waals surface area contributed by atoms with E-state index in [0.717, 1.165) is 5.69 Å². The first-order chi connectivity index (χ1) is 9.51. The summed E-state index contributed by atoms with van der Waals surface area (Å²) >= 11 is 17.8. The molecule has 0 fully saturated rings. The molecule has 1 aromatic heterocycles. The van der Waals surface area contributed by atoms with Gasteiger partial charge in [0.25, 0.3) is 5.91 Å². The van der Waals surface area contributed by atoms with Crippen LogP contribution >= 0.6 is 34.8 Å². The van der Waals surface area contributed by atoms with Crippen LogP contribution in [0, 0.1) is 0 Å². The number of carbonyl (C=O) groups excluding carboxylic acids is 1. The Morgan fingerprint density at radius 3 is 2.40 bits per heavy atom. The lowest BCUT2D eigenvalue weighted by Gasteiger charge is -2.10. The van der Waals surface area contributed by atoms with Crippen LogP contribution in [0.5, 0.6) is 0 Å². The summed E-state index contributed by atoms with van der Waals surface area (Å²) in [7, 11) is 1.75. The molecule has 4 nitrogen and oxygen atoms in total. The highest BCUT2D eigenvalue weighted by molar-refractivity contribution is 6.42. The maximum Gasteiger partial charge on any atom is 0.274 e. The molecule has 2 rings (SSSR count). The van der Waals surface area contributed by atoms with Gasteiger partial charge in [0, 0.05) is 24.0 Å². The van der Waals surface area contributed by atoms with Gasteiger partial charge in [-0.05, 0) is 24.3 Å². The number of benzene rings is 1. The van der Waals surface area contributed by atoms with Crippen molar-refractivity contribution in [3.05, 3.63) is 51.2 Å². The Bertz CT molecular complexity index is 638. The molecule has 0 saturated carbocycles. The topological polar surface area (TPSA) is 54.0 Å². The van der Waals surface area contributed by atoms with E-state index in [9.17, 15) is 4.79 Å². The first kappa shape index (κ1) is 14.9. The molecule has 2 N–H and O–H groups in total. The minimum atomic E-state index is -0.409. The Morgan fingerprint density at radius 2 is 1.80 bits per heavy atom. The van der Waals surface area contributed by atoms with Gasteiger partial charge < -0.3 is 10.6 Å². The molecule has 0 radical (unpaired) electrons. The summed E-state index contributed by atoms with van der Waals surface area (Å²) in [6, 6.07) is 6.37. The van der Waals surface area contributed by atoms with E-state index in [1.807, 2.05) is 0 Å². The molecule has 0 aliphatic carbocycles. The van der Waals surface area contributed by atoms with Crippen molar-refractivity contribution in [1.82, 2.24) is 4.98 Å². The number of nitrogens with zero attached hydrogens (tertiary/aromatic N) is 1. The van der Waals surface area contributed by atoms with Crippen molar-refractivity contribution in [2.75, 3.05) is 17.7 Å². The molecule has 0 atom stereocenters. The predicted molar refractivity (Wildman–Crippen MR) is 83.2 cm³/mol. The molecule has 104 valence electrons. The monoisotopic (exact) mass is 329 g/mol. The lowest BCUT2D eigenvalue weighted by molar-refractivity contribution is 0.102. The third-order valence-electron chi connectivity index (χ3n) is 2.53. The van der Waals surface area contributed by atoms with Gasteiger partial charge in [0.1, 0.15) is 5.69 Å². The highest BCUT2D eigenvalue weighted by Crippen LogP contribution is 2.33. The SMILES string of the molecule is CNc1ccnc(C(=O)Nc2c(Cl)cc(Cl)cc2Cl)c1. The van der Waals surface area contributed by atoms with Crippen molar-refractivity contribution < 1.29 is 4.79 Å². The molecular formula is C13H10Cl3N3O. The van der Waals surface area contributed by atoms with Crippen LogP contribution in [-0.4, -0.2) is 17.9 Å². The van der Waals surface area contributed by atoms with Crippen molar-refractivity contribution in [2.24, 2.45) is 0 Å². The van der Waals surface area contributed by atoms with Gasteiger partial charge in [0.15, 0.2) is 0 Å². The fraction of sp³-hybridized carbons (Fsp3) is 0.0769. The highest BCUT2D eigenvalue weighted by atomic mass is 35.5. The van der Waals surface area contributed by atoms with Crippen LogP contribution in [0.15, 0.2) is 30.5 Å². The normalized spacial score (nSPS) is 10.2. The van der Waals surface area contributed by atoms with Crippen molar-refractivity contribution in [3.8, 4) is 0 Å². The average Bonchev–Trinajstić information content (AvgIpc) is 2.42. The number of pyridine rings is 1. The Morgan fingerprint density at radius 1 is 1.15 bits per heavy atom. The van der Waals surface area contributed by atoms with E-state index in [1.54, 1.807) is 19.2 Å². The van der Waals surface area contributed by atoms with Gasteiger partial charge in [-0.25, -0.2) is 0 Å². The van der Waals surface area contributed by atoms with Gasteiger partial charge >= 0.3 is 0 Å². The minimum Gasteiger partial charge on any atom is -0.388 e. The second-order valence-electron chi connectivity index (χ2n) is 3.88. The summed E-state index contributed by atoms with van der Waals surface area (Å²) in [5.41, 5.74) is 1.33. The quantitative estimate of drug-likeness (QED) is 0.880. The third kappa shape index (κ3) is 3.33. The fourth-order valence-corrected chi connectivity index (χ4v) is 2.46. The highest BCUT2D eigenvalue weighted by Gasteiger charge is 2.14. The number of rotatable bonds is 3.